The molecule has 0 spiro atoms. The van der Waals surface area contributed by atoms with Crippen molar-refractivity contribution in [2.75, 3.05) is 6.54 Å². The second kappa shape index (κ2) is 7.35. The van der Waals surface area contributed by atoms with Gasteiger partial charge in [0.15, 0.2) is 0 Å². The normalized spacial score (nSPS) is 21.2. The minimum absolute atomic E-state index is 0.0271. The number of hydrogen-bond acceptors (Lipinski definition) is 4. The van der Waals surface area contributed by atoms with E-state index >= 15 is 0 Å². The fourth-order valence-corrected chi connectivity index (χ4v) is 2.71. The third-order valence-corrected chi connectivity index (χ3v) is 3.74. The molecule has 0 aliphatic carbocycles. The second-order valence-electron chi connectivity index (χ2n) is 6.08. The average Bonchev–Trinajstić information content (AvgIpc) is 2.87. The number of nitrogens with zero attached hydrogens (tertiary/aromatic N) is 2. The van der Waals surface area contributed by atoms with Crippen molar-refractivity contribution in [1.82, 2.24) is 15.2 Å². The predicted octanol–water partition coefficient (Wildman–Crippen LogP) is 0.467. The smallest absolute Gasteiger partial charge is 0.243 e. The number of rotatable bonds is 5. The largest absolute Gasteiger partial charge is 0.352 e. The van der Waals surface area contributed by atoms with Gasteiger partial charge < -0.3 is 16.0 Å². The van der Waals surface area contributed by atoms with Crippen LogP contribution >= 0.6 is 0 Å². The minimum Gasteiger partial charge on any atom is -0.352 e. The van der Waals surface area contributed by atoms with Crippen LogP contribution in [0.1, 0.15) is 32.3 Å². The molecule has 0 radical (unpaired) electrons. The SMILES string of the molecule is CC(C)NC(=O)[C@@H]1C[C@H](N)CN1C(=O)CCc1cccnc1. The molecule has 1 aromatic rings. The number of aryl methyl sites for hydroxylation is 1. The van der Waals surface area contributed by atoms with Crippen molar-refractivity contribution < 1.29 is 9.59 Å². The number of pyridine rings is 1. The van der Waals surface area contributed by atoms with Crippen LogP contribution in [0.5, 0.6) is 0 Å². The van der Waals surface area contributed by atoms with Crippen LogP contribution in [0.4, 0.5) is 0 Å². The predicted molar refractivity (Wildman–Crippen MR) is 83.9 cm³/mol. The molecule has 120 valence electrons. The van der Waals surface area contributed by atoms with E-state index in [0.717, 1.165) is 5.56 Å². The summed E-state index contributed by atoms with van der Waals surface area (Å²) in [6, 6.07) is 3.27. The van der Waals surface area contributed by atoms with Crippen LogP contribution in [-0.4, -0.2) is 46.4 Å². The first kappa shape index (κ1) is 16.4. The van der Waals surface area contributed by atoms with E-state index in [1.165, 1.54) is 0 Å². The lowest BCUT2D eigenvalue weighted by atomic mass is 10.1. The van der Waals surface area contributed by atoms with E-state index < -0.39 is 6.04 Å². The molecule has 2 atom stereocenters. The Kier molecular flexibility index (Phi) is 5.49. The molecule has 0 aromatic carbocycles. The van der Waals surface area contributed by atoms with E-state index in [1.807, 2.05) is 26.0 Å². The van der Waals surface area contributed by atoms with Crippen LogP contribution < -0.4 is 11.1 Å². The van der Waals surface area contributed by atoms with Gasteiger partial charge in [0, 0.05) is 37.4 Å². The van der Waals surface area contributed by atoms with Crippen LogP contribution in [0.15, 0.2) is 24.5 Å². The van der Waals surface area contributed by atoms with E-state index in [1.54, 1.807) is 17.3 Å². The summed E-state index contributed by atoms with van der Waals surface area (Å²) in [7, 11) is 0. The molecule has 1 aliphatic heterocycles. The zero-order chi connectivity index (χ0) is 16.1. The first-order chi connectivity index (χ1) is 10.5. The molecule has 2 amide bonds. The fourth-order valence-electron chi connectivity index (χ4n) is 2.71. The molecule has 6 heteroatoms. The van der Waals surface area contributed by atoms with Gasteiger partial charge in [-0.05, 0) is 38.3 Å². The summed E-state index contributed by atoms with van der Waals surface area (Å²) in [5, 5.41) is 2.87. The van der Waals surface area contributed by atoms with E-state index in [2.05, 4.69) is 10.3 Å². The van der Waals surface area contributed by atoms with E-state index in [0.29, 0.717) is 25.8 Å². The van der Waals surface area contributed by atoms with Crippen molar-refractivity contribution in [2.45, 2.75) is 51.2 Å². The standard InChI is InChI=1S/C16H24N4O2/c1-11(2)19-16(22)14-8-13(17)10-20(14)15(21)6-5-12-4-3-7-18-9-12/h3-4,7,9,11,13-14H,5-6,8,10,17H2,1-2H3,(H,19,22)/t13-,14-/m0/s1. The molecule has 22 heavy (non-hydrogen) atoms. The Morgan fingerprint density at radius 1 is 1.50 bits per heavy atom. The maximum Gasteiger partial charge on any atom is 0.243 e. The lowest BCUT2D eigenvalue weighted by Crippen LogP contribution is -2.47. The molecule has 1 fully saturated rings. The summed E-state index contributed by atoms with van der Waals surface area (Å²) in [6.45, 7) is 4.25. The molecule has 0 bridgehead atoms. The van der Waals surface area contributed by atoms with Gasteiger partial charge in [-0.25, -0.2) is 0 Å². The van der Waals surface area contributed by atoms with Gasteiger partial charge in [-0.15, -0.1) is 0 Å². The molecule has 0 saturated carbocycles. The van der Waals surface area contributed by atoms with Crippen LogP contribution in [-0.2, 0) is 16.0 Å². The third-order valence-electron chi connectivity index (χ3n) is 3.74. The minimum atomic E-state index is -0.446. The van der Waals surface area contributed by atoms with Gasteiger partial charge in [0.25, 0.3) is 0 Å². The quantitative estimate of drug-likeness (QED) is 0.827. The highest BCUT2D eigenvalue weighted by atomic mass is 16.2. The summed E-state index contributed by atoms with van der Waals surface area (Å²) in [4.78, 5) is 30.3. The van der Waals surface area contributed by atoms with Crippen molar-refractivity contribution in [1.29, 1.82) is 0 Å². The molecule has 0 unspecified atom stereocenters. The van der Waals surface area contributed by atoms with Crippen molar-refractivity contribution in [3.63, 3.8) is 0 Å². The molecule has 3 N–H and O–H groups in total. The van der Waals surface area contributed by atoms with Gasteiger partial charge in [0.1, 0.15) is 6.04 Å². The Balaban J connectivity index is 1.95. The zero-order valence-electron chi connectivity index (χ0n) is 13.2. The summed E-state index contributed by atoms with van der Waals surface area (Å²) in [5.74, 6) is -0.140. The number of nitrogens with one attached hydrogen (secondary N) is 1. The topological polar surface area (TPSA) is 88.3 Å². The van der Waals surface area contributed by atoms with Crippen molar-refractivity contribution in [3.05, 3.63) is 30.1 Å². The Morgan fingerprint density at radius 2 is 2.27 bits per heavy atom. The van der Waals surface area contributed by atoms with Gasteiger partial charge in [0.2, 0.25) is 11.8 Å². The van der Waals surface area contributed by atoms with Gasteiger partial charge in [-0.1, -0.05) is 6.07 Å². The molecular formula is C16H24N4O2. The number of carbonyl (C=O) groups excluding carboxylic acids is 2. The second-order valence-corrected chi connectivity index (χ2v) is 6.08. The number of hydrogen-bond donors (Lipinski definition) is 2. The molecule has 2 rings (SSSR count). The summed E-state index contributed by atoms with van der Waals surface area (Å²) in [5.41, 5.74) is 6.96. The van der Waals surface area contributed by atoms with Gasteiger partial charge >= 0.3 is 0 Å². The third kappa shape index (κ3) is 4.27. The van der Waals surface area contributed by atoms with Crippen LogP contribution in [0.25, 0.3) is 0 Å². The number of amides is 2. The van der Waals surface area contributed by atoms with Gasteiger partial charge in [-0.2, -0.15) is 0 Å². The monoisotopic (exact) mass is 304 g/mol. The highest BCUT2D eigenvalue weighted by Gasteiger charge is 2.37. The maximum atomic E-state index is 12.4. The molecule has 1 aliphatic rings. The van der Waals surface area contributed by atoms with E-state index in [4.69, 9.17) is 5.73 Å². The summed E-state index contributed by atoms with van der Waals surface area (Å²) < 4.78 is 0. The molecule has 6 nitrogen and oxygen atoms in total. The summed E-state index contributed by atoms with van der Waals surface area (Å²) in [6.07, 6.45) is 4.97. The van der Waals surface area contributed by atoms with E-state index in [-0.39, 0.29) is 23.9 Å². The van der Waals surface area contributed by atoms with E-state index in [9.17, 15) is 9.59 Å². The Labute approximate surface area is 131 Å². The number of aromatic nitrogens is 1. The van der Waals surface area contributed by atoms with Crippen molar-refractivity contribution >= 4 is 11.8 Å². The summed E-state index contributed by atoms with van der Waals surface area (Å²) >= 11 is 0. The van der Waals surface area contributed by atoms with Crippen LogP contribution in [0.3, 0.4) is 0 Å². The Hall–Kier alpha value is -1.95. The average molecular weight is 304 g/mol. The van der Waals surface area contributed by atoms with Crippen LogP contribution in [0, 0.1) is 0 Å². The molecule has 2 heterocycles. The fraction of sp³-hybridized carbons (Fsp3) is 0.562. The molecular weight excluding hydrogens is 280 g/mol. The first-order valence-electron chi connectivity index (χ1n) is 7.71. The highest BCUT2D eigenvalue weighted by molar-refractivity contribution is 5.88. The van der Waals surface area contributed by atoms with Crippen molar-refractivity contribution in [3.8, 4) is 0 Å². The number of likely N-dealkylation sites (tertiary alicyclic amines) is 1. The Morgan fingerprint density at radius 3 is 2.91 bits per heavy atom. The van der Waals surface area contributed by atoms with Gasteiger partial charge in [0.05, 0.1) is 0 Å². The lowest BCUT2D eigenvalue weighted by molar-refractivity contribution is -0.138. The molecule has 1 aromatic heterocycles. The highest BCUT2D eigenvalue weighted by Crippen LogP contribution is 2.19. The lowest BCUT2D eigenvalue weighted by Gasteiger charge is -2.24. The van der Waals surface area contributed by atoms with Crippen molar-refractivity contribution in [2.24, 2.45) is 5.73 Å². The van der Waals surface area contributed by atoms with Crippen LogP contribution in [0.2, 0.25) is 0 Å². The van der Waals surface area contributed by atoms with Gasteiger partial charge in [-0.3, -0.25) is 14.6 Å². The maximum absolute atomic E-state index is 12.4. The number of nitrogens with two attached hydrogens (primary N) is 1. The molecule has 1 saturated heterocycles. The number of carbonyl (C=O) groups is 2. The Bertz CT molecular complexity index is 518. The zero-order valence-corrected chi connectivity index (χ0v) is 13.2. The first-order valence-corrected chi connectivity index (χ1v) is 7.71.